The third-order valence-corrected chi connectivity index (χ3v) is 7.07. The molecule has 6 heteroatoms. The number of carboxylic acid groups (broad SMARTS) is 1. The molecule has 0 aliphatic carbocycles. The molecule has 0 saturated carbocycles. The summed E-state index contributed by atoms with van der Waals surface area (Å²) in [5, 5.41) is 11.3. The summed E-state index contributed by atoms with van der Waals surface area (Å²) < 4.78 is 11.8. The maximum absolute atomic E-state index is 12.6. The average molecular weight is 540 g/mol. The normalized spacial score (nSPS) is 11.7. The molecule has 0 saturated heterocycles. The van der Waals surface area contributed by atoms with E-state index < -0.39 is 11.9 Å². The van der Waals surface area contributed by atoms with E-state index in [1.807, 2.05) is 85.9 Å². The van der Waals surface area contributed by atoms with Crippen molar-refractivity contribution >= 4 is 22.6 Å². The minimum Gasteiger partial charge on any atom is -0.494 e. The van der Waals surface area contributed by atoms with E-state index in [0.29, 0.717) is 26.2 Å². The van der Waals surface area contributed by atoms with Crippen LogP contribution in [0.4, 0.5) is 0 Å². The van der Waals surface area contributed by atoms with Crippen molar-refractivity contribution in [1.29, 1.82) is 0 Å². The van der Waals surface area contributed by atoms with Crippen molar-refractivity contribution in [3.05, 3.63) is 108 Å². The van der Waals surface area contributed by atoms with Crippen LogP contribution in [0.3, 0.4) is 0 Å². The molecule has 0 aromatic heterocycles. The largest absolute Gasteiger partial charge is 0.494 e. The van der Waals surface area contributed by atoms with Crippen LogP contribution in [0, 0.1) is 0 Å². The highest BCUT2D eigenvalue weighted by Gasteiger charge is 2.14. The SMILES string of the molecule is CC(C(=O)O)c1ccc2ccc(OCCCCOc3ccc(CC(=O)N(C)CCc4ccccc4)cc3)cc2c1. The van der Waals surface area contributed by atoms with Gasteiger partial charge < -0.3 is 19.5 Å². The first-order chi connectivity index (χ1) is 19.4. The second-order valence-corrected chi connectivity index (χ2v) is 10.1. The molecule has 0 spiro atoms. The van der Waals surface area contributed by atoms with E-state index in [1.54, 1.807) is 11.8 Å². The van der Waals surface area contributed by atoms with Gasteiger partial charge in [0.2, 0.25) is 5.91 Å². The summed E-state index contributed by atoms with van der Waals surface area (Å²) in [5.41, 5.74) is 2.98. The predicted molar refractivity (Wildman–Crippen MR) is 158 cm³/mol. The van der Waals surface area contributed by atoms with E-state index in [9.17, 15) is 14.7 Å². The number of benzene rings is 4. The van der Waals surface area contributed by atoms with Crippen LogP contribution >= 0.6 is 0 Å². The van der Waals surface area contributed by atoms with Gasteiger partial charge in [0.05, 0.1) is 25.6 Å². The van der Waals surface area contributed by atoms with Crippen LogP contribution < -0.4 is 9.47 Å². The fourth-order valence-corrected chi connectivity index (χ4v) is 4.41. The number of unbranched alkanes of at least 4 members (excludes halogenated alkanes) is 1. The van der Waals surface area contributed by atoms with Crippen molar-refractivity contribution in [2.24, 2.45) is 0 Å². The molecule has 0 heterocycles. The topological polar surface area (TPSA) is 76.1 Å². The van der Waals surface area contributed by atoms with Crippen LogP contribution in [0.15, 0.2) is 91.0 Å². The lowest BCUT2D eigenvalue weighted by molar-refractivity contribution is -0.138. The molecule has 1 amide bonds. The average Bonchev–Trinajstić information content (AvgIpc) is 2.98. The van der Waals surface area contributed by atoms with Crippen LogP contribution in [0.5, 0.6) is 11.5 Å². The van der Waals surface area contributed by atoms with Gasteiger partial charge in [-0.2, -0.15) is 0 Å². The molecule has 0 aliphatic heterocycles. The Morgan fingerprint density at radius 2 is 1.43 bits per heavy atom. The number of likely N-dealkylation sites (N-methyl/N-ethyl adjacent to an activating group) is 1. The van der Waals surface area contributed by atoms with Crippen molar-refractivity contribution in [1.82, 2.24) is 4.90 Å². The van der Waals surface area contributed by atoms with E-state index in [-0.39, 0.29) is 5.91 Å². The van der Waals surface area contributed by atoms with Gasteiger partial charge in [0.1, 0.15) is 11.5 Å². The third-order valence-electron chi connectivity index (χ3n) is 7.07. The van der Waals surface area contributed by atoms with Gasteiger partial charge in [0.15, 0.2) is 0 Å². The number of fused-ring (bicyclic) bond motifs is 1. The highest BCUT2D eigenvalue weighted by atomic mass is 16.5. The smallest absolute Gasteiger partial charge is 0.310 e. The Kier molecular flexibility index (Phi) is 10.2. The number of hydrogen-bond donors (Lipinski definition) is 1. The Morgan fingerprint density at radius 3 is 2.12 bits per heavy atom. The van der Waals surface area contributed by atoms with Crippen LogP contribution in [0.25, 0.3) is 10.8 Å². The Labute approximate surface area is 236 Å². The second kappa shape index (κ2) is 14.2. The van der Waals surface area contributed by atoms with Crippen molar-refractivity contribution < 1.29 is 24.2 Å². The molecular formula is C34H37NO5. The molecular weight excluding hydrogens is 502 g/mol. The minimum atomic E-state index is -0.835. The summed E-state index contributed by atoms with van der Waals surface area (Å²) in [6, 6.07) is 29.5. The fourth-order valence-electron chi connectivity index (χ4n) is 4.41. The van der Waals surface area contributed by atoms with E-state index in [2.05, 4.69) is 12.1 Å². The number of hydrogen-bond acceptors (Lipinski definition) is 4. The number of rotatable bonds is 14. The molecule has 40 heavy (non-hydrogen) atoms. The zero-order valence-corrected chi connectivity index (χ0v) is 23.2. The number of amides is 1. The quantitative estimate of drug-likeness (QED) is 0.185. The van der Waals surface area contributed by atoms with Gasteiger partial charge >= 0.3 is 5.97 Å². The molecule has 6 nitrogen and oxygen atoms in total. The summed E-state index contributed by atoms with van der Waals surface area (Å²) in [4.78, 5) is 25.7. The van der Waals surface area contributed by atoms with Gasteiger partial charge in [-0.25, -0.2) is 0 Å². The number of carbonyl (C=O) groups is 2. The fraction of sp³-hybridized carbons (Fsp3) is 0.294. The van der Waals surface area contributed by atoms with Crippen molar-refractivity contribution in [2.45, 2.75) is 38.5 Å². The monoisotopic (exact) mass is 539 g/mol. The maximum Gasteiger partial charge on any atom is 0.310 e. The summed E-state index contributed by atoms with van der Waals surface area (Å²) in [6.07, 6.45) is 2.91. The molecule has 4 aromatic rings. The first-order valence-electron chi connectivity index (χ1n) is 13.8. The first kappa shape index (κ1) is 28.7. The van der Waals surface area contributed by atoms with Gasteiger partial charge in [-0.3, -0.25) is 9.59 Å². The van der Waals surface area contributed by atoms with E-state index >= 15 is 0 Å². The molecule has 4 rings (SSSR count). The Hall–Kier alpha value is -4.32. The molecule has 1 N–H and O–H groups in total. The van der Waals surface area contributed by atoms with Crippen molar-refractivity contribution in [2.75, 3.05) is 26.8 Å². The summed E-state index contributed by atoms with van der Waals surface area (Å²) in [6.45, 7) is 3.54. The molecule has 1 unspecified atom stereocenters. The number of carbonyl (C=O) groups excluding carboxylic acids is 1. The van der Waals surface area contributed by atoms with Crippen LogP contribution in [0.1, 0.15) is 42.4 Å². The highest BCUT2D eigenvalue weighted by molar-refractivity contribution is 5.86. The van der Waals surface area contributed by atoms with Crippen LogP contribution in [-0.4, -0.2) is 48.7 Å². The van der Waals surface area contributed by atoms with Crippen LogP contribution in [0.2, 0.25) is 0 Å². The Balaban J connectivity index is 1.14. The molecule has 1 atom stereocenters. The number of carboxylic acids is 1. The molecule has 0 radical (unpaired) electrons. The zero-order chi connectivity index (χ0) is 28.3. The van der Waals surface area contributed by atoms with Gasteiger partial charge in [-0.1, -0.05) is 66.7 Å². The lowest BCUT2D eigenvalue weighted by atomic mass is 9.98. The van der Waals surface area contributed by atoms with E-state index in [0.717, 1.165) is 52.7 Å². The predicted octanol–water partition coefficient (Wildman–Crippen LogP) is 6.51. The molecule has 208 valence electrons. The van der Waals surface area contributed by atoms with Crippen LogP contribution in [-0.2, 0) is 22.4 Å². The van der Waals surface area contributed by atoms with E-state index in [1.165, 1.54) is 5.56 Å². The lowest BCUT2D eigenvalue weighted by Crippen LogP contribution is -2.30. The summed E-state index contributed by atoms with van der Waals surface area (Å²) in [7, 11) is 1.85. The Bertz CT molecular complexity index is 1400. The third kappa shape index (κ3) is 8.34. The number of ether oxygens (including phenoxy) is 2. The van der Waals surface area contributed by atoms with Gasteiger partial charge in [0.25, 0.3) is 0 Å². The van der Waals surface area contributed by atoms with Gasteiger partial charge in [0, 0.05) is 13.6 Å². The maximum atomic E-state index is 12.6. The van der Waals surface area contributed by atoms with Gasteiger partial charge in [-0.05, 0) is 77.9 Å². The summed E-state index contributed by atoms with van der Waals surface area (Å²) in [5.74, 6) is 0.272. The second-order valence-electron chi connectivity index (χ2n) is 10.1. The lowest BCUT2D eigenvalue weighted by Gasteiger charge is -2.17. The first-order valence-corrected chi connectivity index (χ1v) is 13.8. The standard InChI is InChI=1S/C34H37NO5/c1-25(34(37)38)29-13-12-28-14-17-32(24-30(28)23-29)40-21-7-6-20-39-31-15-10-27(11-16-31)22-33(36)35(2)19-18-26-8-4-3-5-9-26/h3-5,8-17,23-25H,6-7,18-22H2,1-2H3,(H,37,38). The highest BCUT2D eigenvalue weighted by Crippen LogP contribution is 2.25. The van der Waals surface area contributed by atoms with E-state index in [4.69, 9.17) is 9.47 Å². The van der Waals surface area contributed by atoms with Crippen molar-refractivity contribution in [3.8, 4) is 11.5 Å². The van der Waals surface area contributed by atoms with Gasteiger partial charge in [-0.15, -0.1) is 0 Å². The number of nitrogens with zero attached hydrogens (tertiary/aromatic N) is 1. The number of aliphatic carboxylic acids is 1. The molecule has 0 aliphatic rings. The molecule has 0 bridgehead atoms. The zero-order valence-electron chi connectivity index (χ0n) is 23.2. The summed E-state index contributed by atoms with van der Waals surface area (Å²) >= 11 is 0. The molecule has 4 aromatic carbocycles. The Morgan fingerprint density at radius 1 is 0.775 bits per heavy atom. The molecule has 0 fully saturated rings. The van der Waals surface area contributed by atoms with Crippen molar-refractivity contribution in [3.63, 3.8) is 0 Å². The minimum absolute atomic E-state index is 0.103.